The van der Waals surface area contributed by atoms with Gasteiger partial charge in [0, 0.05) is 58.5 Å². The molecule has 4 nitrogen and oxygen atoms in total. The Hall–Kier alpha value is -8.12. The summed E-state index contributed by atoms with van der Waals surface area (Å²) in [5.41, 5.74) is 14.3. The van der Waals surface area contributed by atoms with E-state index in [1.807, 2.05) is 23.5 Å². The molecule has 5 heteroatoms. The van der Waals surface area contributed by atoms with Crippen molar-refractivity contribution in [3.8, 4) is 56.4 Å². The van der Waals surface area contributed by atoms with Gasteiger partial charge in [0.25, 0.3) is 0 Å². The van der Waals surface area contributed by atoms with Gasteiger partial charge in [-0.3, -0.25) is 4.57 Å². The van der Waals surface area contributed by atoms with Crippen molar-refractivity contribution in [1.29, 1.82) is 0 Å². The molecule has 0 fully saturated rings. The van der Waals surface area contributed by atoms with Crippen molar-refractivity contribution in [2.45, 2.75) is 0 Å². The number of rotatable bonds is 6. The van der Waals surface area contributed by atoms with Gasteiger partial charge < -0.3 is 4.57 Å². The molecule has 294 valence electrons. The third kappa shape index (κ3) is 5.82. The minimum Gasteiger partial charge on any atom is -0.309 e. The maximum Gasteiger partial charge on any atom is 0.235 e. The predicted octanol–water partition coefficient (Wildman–Crippen LogP) is 15.7. The van der Waals surface area contributed by atoms with E-state index in [1.54, 1.807) is 0 Å². The first kappa shape index (κ1) is 35.6. The highest BCUT2D eigenvalue weighted by Gasteiger charge is 2.19. The summed E-state index contributed by atoms with van der Waals surface area (Å²) >= 11 is 1.86. The van der Waals surface area contributed by atoms with Crippen LogP contribution < -0.4 is 0 Å². The quantitative estimate of drug-likeness (QED) is 0.167. The molecule has 0 saturated carbocycles. The lowest BCUT2D eigenvalue weighted by molar-refractivity contribution is 0.995. The molecule has 13 rings (SSSR count). The minimum atomic E-state index is 0.645. The van der Waals surface area contributed by atoms with E-state index in [-0.39, 0.29) is 0 Å². The van der Waals surface area contributed by atoms with E-state index in [0.717, 1.165) is 55.6 Å². The molecule has 13 aromatic rings. The van der Waals surface area contributed by atoms with E-state index in [1.165, 1.54) is 58.7 Å². The van der Waals surface area contributed by atoms with Gasteiger partial charge >= 0.3 is 0 Å². The summed E-state index contributed by atoms with van der Waals surface area (Å²) in [5.74, 6) is 0.645. The van der Waals surface area contributed by atoms with E-state index >= 15 is 0 Å². The van der Waals surface area contributed by atoms with Crippen LogP contribution in [0.4, 0.5) is 0 Å². The number of aromatic nitrogens is 4. The molecule has 0 unspecified atom stereocenters. The van der Waals surface area contributed by atoms with E-state index < -0.39 is 0 Å². The number of benzene rings is 9. The molecule has 0 bridgehead atoms. The van der Waals surface area contributed by atoms with Crippen LogP contribution >= 0.6 is 11.3 Å². The third-order valence-electron chi connectivity index (χ3n) is 12.5. The lowest BCUT2D eigenvalue weighted by Gasteiger charge is -2.12. The van der Waals surface area contributed by atoms with E-state index in [0.29, 0.717) is 5.95 Å². The van der Waals surface area contributed by atoms with Crippen molar-refractivity contribution in [2.24, 2.45) is 0 Å². The van der Waals surface area contributed by atoms with Gasteiger partial charge in [-0.1, -0.05) is 140 Å². The van der Waals surface area contributed by atoms with Crippen molar-refractivity contribution < 1.29 is 0 Å². The van der Waals surface area contributed by atoms with Crippen LogP contribution in [0.2, 0.25) is 0 Å². The molecule has 4 aromatic heterocycles. The number of thiophene rings is 1. The summed E-state index contributed by atoms with van der Waals surface area (Å²) in [4.78, 5) is 10.5. The molecule has 0 amide bonds. The van der Waals surface area contributed by atoms with Crippen LogP contribution in [0, 0.1) is 0 Å². The van der Waals surface area contributed by atoms with Crippen LogP contribution in [0.15, 0.2) is 218 Å². The van der Waals surface area contributed by atoms with Gasteiger partial charge in [-0.25, -0.2) is 9.97 Å². The second-order valence-electron chi connectivity index (χ2n) is 16.2. The summed E-state index contributed by atoms with van der Waals surface area (Å²) in [6, 6.07) is 78.6. The van der Waals surface area contributed by atoms with Crippen LogP contribution in [0.1, 0.15) is 0 Å². The summed E-state index contributed by atoms with van der Waals surface area (Å²) in [5, 5.41) is 7.39. The molecular formula is C58H36N4S. The Morgan fingerprint density at radius 2 is 0.714 bits per heavy atom. The second-order valence-corrected chi connectivity index (χ2v) is 17.3. The number of nitrogens with zero attached hydrogens (tertiary/aromatic N) is 4. The van der Waals surface area contributed by atoms with Gasteiger partial charge in [-0.05, 0) is 101 Å². The largest absolute Gasteiger partial charge is 0.309 e. The smallest absolute Gasteiger partial charge is 0.235 e. The van der Waals surface area contributed by atoms with E-state index in [2.05, 4.69) is 215 Å². The predicted molar refractivity (Wildman–Crippen MR) is 265 cm³/mol. The fraction of sp³-hybridized carbons (Fsp3) is 0. The Kier molecular flexibility index (Phi) is 8.05. The van der Waals surface area contributed by atoms with Gasteiger partial charge in [-0.2, -0.15) is 0 Å². The summed E-state index contributed by atoms with van der Waals surface area (Å²) in [6.45, 7) is 0. The molecule has 0 N–H and O–H groups in total. The van der Waals surface area contributed by atoms with Gasteiger partial charge in [0.15, 0.2) is 0 Å². The van der Waals surface area contributed by atoms with Crippen molar-refractivity contribution in [2.75, 3.05) is 0 Å². The Labute approximate surface area is 367 Å². The molecule has 0 atom stereocenters. The lowest BCUT2D eigenvalue weighted by atomic mass is 9.98. The van der Waals surface area contributed by atoms with Crippen molar-refractivity contribution in [3.05, 3.63) is 218 Å². The fourth-order valence-corrected chi connectivity index (χ4v) is 10.6. The first-order valence-electron chi connectivity index (χ1n) is 21.3. The fourth-order valence-electron chi connectivity index (χ4n) is 9.56. The van der Waals surface area contributed by atoms with Crippen LogP contribution in [-0.2, 0) is 0 Å². The molecule has 0 spiro atoms. The highest BCUT2D eigenvalue weighted by molar-refractivity contribution is 7.25. The van der Waals surface area contributed by atoms with E-state index in [9.17, 15) is 0 Å². The van der Waals surface area contributed by atoms with Gasteiger partial charge in [0.05, 0.1) is 33.5 Å². The molecule has 0 saturated heterocycles. The third-order valence-corrected chi connectivity index (χ3v) is 13.7. The second kappa shape index (κ2) is 14.2. The van der Waals surface area contributed by atoms with Gasteiger partial charge in [0.2, 0.25) is 5.95 Å². The minimum absolute atomic E-state index is 0.645. The highest BCUT2D eigenvalue weighted by atomic mass is 32.1. The molecule has 0 aliphatic heterocycles. The average Bonchev–Trinajstić information content (AvgIpc) is 4.01. The van der Waals surface area contributed by atoms with Crippen LogP contribution in [0.5, 0.6) is 0 Å². The van der Waals surface area contributed by atoms with Crippen LogP contribution in [0.25, 0.3) is 120 Å². The zero-order chi connectivity index (χ0) is 41.4. The van der Waals surface area contributed by atoms with Gasteiger partial charge in [-0.15, -0.1) is 11.3 Å². The van der Waals surface area contributed by atoms with Crippen LogP contribution in [0.3, 0.4) is 0 Å². The van der Waals surface area contributed by atoms with Gasteiger partial charge in [0.1, 0.15) is 0 Å². The normalized spacial score (nSPS) is 11.8. The van der Waals surface area contributed by atoms with E-state index in [4.69, 9.17) is 9.97 Å². The van der Waals surface area contributed by atoms with Crippen molar-refractivity contribution in [3.63, 3.8) is 0 Å². The van der Waals surface area contributed by atoms with Crippen molar-refractivity contribution in [1.82, 2.24) is 19.1 Å². The average molecular weight is 821 g/mol. The summed E-state index contributed by atoms with van der Waals surface area (Å²) < 4.78 is 7.26. The standard InChI is InChI=1S/C58H36N4S/c1-4-14-37(15-5-1)50-36-51(38-16-6-2-7-17-38)60-58(59-50)62-52-22-12-10-20-44(52)46-32-39(26-30-55(46)62)40-24-28-53-47(33-40)48-34-41(25-29-54(48)61(53)43-18-8-3-9-19-43)42-27-31-57-49(35-42)45-21-11-13-23-56(45)63-57/h1-36H. The first-order valence-corrected chi connectivity index (χ1v) is 22.1. The SMILES string of the molecule is c1ccc(-c2cc(-c3ccccc3)nc(-n3c4ccccc4c4cc(-c5ccc6c(c5)c5cc(-c7ccc8sc9ccccc9c8c7)ccc5n6-c5ccccc5)ccc43)n2)cc1. The topological polar surface area (TPSA) is 35.6 Å². The monoisotopic (exact) mass is 820 g/mol. The Morgan fingerprint density at radius 1 is 0.286 bits per heavy atom. The lowest BCUT2D eigenvalue weighted by Crippen LogP contribution is -2.03. The van der Waals surface area contributed by atoms with Crippen molar-refractivity contribution >= 4 is 75.1 Å². The molecule has 4 heterocycles. The van der Waals surface area contributed by atoms with Crippen LogP contribution in [-0.4, -0.2) is 19.1 Å². The Balaban J connectivity index is 0.987. The molecular weight excluding hydrogens is 785 g/mol. The maximum absolute atomic E-state index is 5.25. The number of para-hydroxylation sites is 2. The maximum atomic E-state index is 5.25. The summed E-state index contributed by atoms with van der Waals surface area (Å²) in [6.07, 6.45) is 0. The Bertz CT molecular complexity index is 3840. The number of hydrogen-bond acceptors (Lipinski definition) is 3. The zero-order valence-electron chi connectivity index (χ0n) is 34.0. The molecule has 0 aliphatic carbocycles. The first-order chi connectivity index (χ1) is 31.2. The molecule has 9 aromatic carbocycles. The molecule has 0 aliphatic rings. The zero-order valence-corrected chi connectivity index (χ0v) is 34.8. The molecule has 63 heavy (non-hydrogen) atoms. The Morgan fingerprint density at radius 3 is 1.32 bits per heavy atom. The number of hydrogen-bond donors (Lipinski definition) is 0. The number of fused-ring (bicyclic) bond motifs is 9. The highest BCUT2D eigenvalue weighted by Crippen LogP contribution is 2.41. The summed E-state index contributed by atoms with van der Waals surface area (Å²) in [7, 11) is 0. The molecule has 0 radical (unpaired) electrons.